The van der Waals surface area contributed by atoms with Gasteiger partial charge in [-0.25, -0.2) is 0 Å². The van der Waals surface area contributed by atoms with Crippen LogP contribution in [0.1, 0.15) is 43.2 Å². The van der Waals surface area contributed by atoms with Gasteiger partial charge in [-0.15, -0.1) is 24.0 Å². The summed E-state index contributed by atoms with van der Waals surface area (Å²) in [5.74, 6) is 2.60. The van der Waals surface area contributed by atoms with Gasteiger partial charge in [-0.1, -0.05) is 12.1 Å². The molecule has 0 amide bonds. The van der Waals surface area contributed by atoms with Crippen LogP contribution in [0.2, 0.25) is 0 Å². The molecule has 1 aromatic carbocycles. The lowest BCUT2D eigenvalue weighted by atomic mass is 10.1. The average molecular weight is 486 g/mol. The highest BCUT2D eigenvalue weighted by Crippen LogP contribution is 2.27. The maximum Gasteiger partial charge on any atom is 0.191 e. The van der Waals surface area contributed by atoms with Crippen molar-refractivity contribution in [2.75, 3.05) is 33.7 Å². The molecule has 1 heterocycles. The molecule has 152 valence electrons. The summed E-state index contributed by atoms with van der Waals surface area (Å²) in [7, 11) is 4.03. The lowest BCUT2D eigenvalue weighted by molar-refractivity contribution is 0.207. The number of guanidine groups is 1. The summed E-state index contributed by atoms with van der Waals surface area (Å²) in [6.45, 7) is 6.19. The van der Waals surface area contributed by atoms with E-state index in [1.807, 2.05) is 7.05 Å². The van der Waals surface area contributed by atoms with E-state index >= 15 is 0 Å². The fraction of sp³-hybridized carbons (Fsp3) is 0.667. The van der Waals surface area contributed by atoms with Gasteiger partial charge in [-0.05, 0) is 70.2 Å². The Morgan fingerprint density at radius 1 is 1.22 bits per heavy atom. The first-order valence-electron chi connectivity index (χ1n) is 10.0. The maximum absolute atomic E-state index is 6.30. The Kier molecular flexibility index (Phi) is 9.15. The largest absolute Gasteiger partial charge is 0.490 e. The molecule has 1 aliphatic carbocycles. The summed E-state index contributed by atoms with van der Waals surface area (Å²) in [5.41, 5.74) is 2.45. The van der Waals surface area contributed by atoms with E-state index in [2.05, 4.69) is 52.7 Å². The number of likely N-dealkylation sites (tertiary alicyclic amines) is 1. The summed E-state index contributed by atoms with van der Waals surface area (Å²) >= 11 is 0. The van der Waals surface area contributed by atoms with Gasteiger partial charge in [0.15, 0.2) is 5.96 Å². The zero-order valence-corrected chi connectivity index (χ0v) is 19.3. The van der Waals surface area contributed by atoms with Gasteiger partial charge >= 0.3 is 0 Å². The van der Waals surface area contributed by atoms with Crippen molar-refractivity contribution in [2.24, 2.45) is 10.9 Å². The molecule has 2 fully saturated rings. The molecule has 0 spiro atoms. The van der Waals surface area contributed by atoms with Gasteiger partial charge in [0.1, 0.15) is 5.75 Å². The average Bonchev–Trinajstić information content (AvgIpc) is 3.28. The molecule has 1 atom stereocenters. The summed E-state index contributed by atoms with van der Waals surface area (Å²) in [6.07, 6.45) is 6.58. The van der Waals surface area contributed by atoms with Gasteiger partial charge in [0.05, 0.1) is 6.10 Å². The van der Waals surface area contributed by atoms with Crippen LogP contribution in [0.25, 0.3) is 0 Å². The minimum absolute atomic E-state index is 0. The molecule has 0 bridgehead atoms. The monoisotopic (exact) mass is 486 g/mol. The van der Waals surface area contributed by atoms with Gasteiger partial charge < -0.3 is 20.3 Å². The number of benzene rings is 1. The molecule has 1 unspecified atom stereocenters. The second-order valence-electron chi connectivity index (χ2n) is 7.86. The minimum Gasteiger partial charge on any atom is -0.490 e. The minimum atomic E-state index is 0. The fourth-order valence-electron chi connectivity index (χ4n) is 3.94. The third kappa shape index (κ3) is 6.82. The number of hydrogen-bond donors (Lipinski definition) is 2. The second kappa shape index (κ2) is 11.1. The van der Waals surface area contributed by atoms with E-state index in [0.29, 0.717) is 12.0 Å². The summed E-state index contributed by atoms with van der Waals surface area (Å²) in [6, 6.07) is 6.49. The van der Waals surface area contributed by atoms with Gasteiger partial charge in [0.25, 0.3) is 0 Å². The molecule has 1 aromatic rings. The van der Waals surface area contributed by atoms with Crippen LogP contribution in [0.3, 0.4) is 0 Å². The van der Waals surface area contributed by atoms with E-state index in [4.69, 9.17) is 4.74 Å². The van der Waals surface area contributed by atoms with Crippen molar-refractivity contribution in [2.45, 2.75) is 51.7 Å². The van der Waals surface area contributed by atoms with Gasteiger partial charge in [-0.3, -0.25) is 4.99 Å². The standard InChI is InChI=1S/C21H34N4O.HI/c1-16-8-9-18(20(12-16)26-19-6-4-5-7-19)14-24-21(22-2)23-13-17-10-11-25(3)15-17;/h8-9,12,17,19H,4-7,10-11,13-15H2,1-3H3,(H2,22,23,24);1H. The lowest BCUT2D eigenvalue weighted by Crippen LogP contribution is -2.39. The molecule has 3 rings (SSSR count). The number of ether oxygens (including phenoxy) is 1. The number of rotatable bonds is 6. The van der Waals surface area contributed by atoms with Crippen molar-refractivity contribution in [3.8, 4) is 5.75 Å². The van der Waals surface area contributed by atoms with E-state index < -0.39 is 0 Å². The van der Waals surface area contributed by atoms with Crippen LogP contribution < -0.4 is 15.4 Å². The summed E-state index contributed by atoms with van der Waals surface area (Å²) in [5, 5.41) is 6.93. The molecule has 5 nitrogen and oxygen atoms in total. The van der Waals surface area contributed by atoms with Crippen molar-refractivity contribution in [1.82, 2.24) is 15.5 Å². The van der Waals surface area contributed by atoms with E-state index in [9.17, 15) is 0 Å². The molecule has 1 aliphatic heterocycles. The molecule has 1 saturated heterocycles. The Labute approximate surface area is 181 Å². The number of halogens is 1. The first-order valence-corrected chi connectivity index (χ1v) is 10.0. The number of nitrogens with zero attached hydrogens (tertiary/aromatic N) is 2. The molecule has 2 aliphatic rings. The lowest BCUT2D eigenvalue weighted by Gasteiger charge is -2.19. The molecular weight excluding hydrogens is 451 g/mol. The van der Waals surface area contributed by atoms with Gasteiger partial charge in [-0.2, -0.15) is 0 Å². The van der Waals surface area contributed by atoms with Crippen LogP contribution in [0.4, 0.5) is 0 Å². The Bertz CT molecular complexity index is 616. The Balaban J connectivity index is 0.00000261. The van der Waals surface area contributed by atoms with Crippen LogP contribution in [0, 0.1) is 12.8 Å². The number of aryl methyl sites for hydroxylation is 1. The zero-order valence-electron chi connectivity index (χ0n) is 17.0. The quantitative estimate of drug-likeness (QED) is 0.367. The highest BCUT2D eigenvalue weighted by molar-refractivity contribution is 14.0. The van der Waals surface area contributed by atoms with E-state index in [-0.39, 0.29) is 24.0 Å². The SMILES string of the molecule is CN=C(NCc1ccc(C)cc1OC1CCCC1)NCC1CCN(C)C1.I. The van der Waals surface area contributed by atoms with Crippen LogP contribution >= 0.6 is 24.0 Å². The zero-order chi connectivity index (χ0) is 18.4. The number of hydrogen-bond acceptors (Lipinski definition) is 3. The Morgan fingerprint density at radius 2 is 2.00 bits per heavy atom. The van der Waals surface area contributed by atoms with Crippen molar-refractivity contribution >= 4 is 29.9 Å². The predicted octanol–water partition coefficient (Wildman–Crippen LogP) is 3.55. The normalized spacial score (nSPS) is 21.1. The van der Waals surface area contributed by atoms with Crippen LogP contribution in [-0.2, 0) is 6.54 Å². The van der Waals surface area contributed by atoms with Crippen molar-refractivity contribution < 1.29 is 4.74 Å². The van der Waals surface area contributed by atoms with E-state index in [0.717, 1.165) is 24.8 Å². The third-order valence-corrected chi connectivity index (χ3v) is 5.54. The topological polar surface area (TPSA) is 48.9 Å². The van der Waals surface area contributed by atoms with E-state index in [1.165, 1.54) is 56.3 Å². The van der Waals surface area contributed by atoms with Gasteiger partial charge in [0.2, 0.25) is 0 Å². The summed E-state index contributed by atoms with van der Waals surface area (Å²) < 4.78 is 6.30. The molecule has 0 radical (unpaired) electrons. The predicted molar refractivity (Wildman–Crippen MR) is 123 cm³/mol. The second-order valence-corrected chi connectivity index (χ2v) is 7.86. The molecule has 6 heteroatoms. The Hall–Kier alpha value is -1.02. The smallest absolute Gasteiger partial charge is 0.191 e. The van der Waals surface area contributed by atoms with Crippen molar-refractivity contribution in [1.29, 1.82) is 0 Å². The Morgan fingerprint density at radius 3 is 2.67 bits per heavy atom. The van der Waals surface area contributed by atoms with Crippen molar-refractivity contribution in [3.05, 3.63) is 29.3 Å². The van der Waals surface area contributed by atoms with Crippen LogP contribution in [0.5, 0.6) is 5.75 Å². The number of aliphatic imine (C=N–C) groups is 1. The fourth-order valence-corrected chi connectivity index (χ4v) is 3.94. The van der Waals surface area contributed by atoms with Crippen LogP contribution in [0.15, 0.2) is 23.2 Å². The third-order valence-electron chi connectivity index (χ3n) is 5.54. The summed E-state index contributed by atoms with van der Waals surface area (Å²) in [4.78, 5) is 6.76. The molecule has 27 heavy (non-hydrogen) atoms. The highest BCUT2D eigenvalue weighted by atomic mass is 127. The molecule has 0 aromatic heterocycles. The maximum atomic E-state index is 6.30. The highest BCUT2D eigenvalue weighted by Gasteiger charge is 2.20. The first-order chi connectivity index (χ1) is 12.6. The van der Waals surface area contributed by atoms with Crippen LogP contribution in [-0.4, -0.2) is 50.7 Å². The molecular formula is C21H35IN4O. The number of nitrogens with one attached hydrogen (secondary N) is 2. The molecule has 1 saturated carbocycles. The van der Waals surface area contributed by atoms with Crippen molar-refractivity contribution in [3.63, 3.8) is 0 Å². The molecule has 2 N–H and O–H groups in total. The van der Waals surface area contributed by atoms with Gasteiger partial charge in [0, 0.05) is 32.2 Å². The van der Waals surface area contributed by atoms with E-state index in [1.54, 1.807) is 0 Å². The first kappa shape index (κ1) is 22.3.